The maximum absolute atomic E-state index is 13.9. The Labute approximate surface area is 251 Å². The van der Waals surface area contributed by atoms with E-state index >= 15 is 0 Å². The largest absolute Gasteiger partial charge is 0.508 e. The van der Waals surface area contributed by atoms with Crippen LogP contribution in [-0.2, 0) is 24.3 Å². The average Bonchev–Trinajstić information content (AvgIpc) is 3.60. The number of benzene rings is 3. The van der Waals surface area contributed by atoms with E-state index < -0.39 is 33.5 Å². The summed E-state index contributed by atoms with van der Waals surface area (Å²) in [5, 5.41) is 20.7. The van der Waals surface area contributed by atoms with Gasteiger partial charge in [-0.2, -0.15) is 0 Å². The molecule has 226 valence electrons. The van der Waals surface area contributed by atoms with Crippen molar-refractivity contribution >= 4 is 44.4 Å². The number of hydrogen-bond donors (Lipinski definition) is 3. The number of fused-ring (bicyclic) bond motifs is 2. The van der Waals surface area contributed by atoms with E-state index in [1.807, 2.05) is 30.3 Å². The molecule has 3 N–H and O–H groups in total. The summed E-state index contributed by atoms with van der Waals surface area (Å²) in [5.41, 5.74) is 4.55. The molecule has 43 heavy (non-hydrogen) atoms. The summed E-state index contributed by atoms with van der Waals surface area (Å²) in [6.07, 6.45) is 2.54. The van der Waals surface area contributed by atoms with Crippen molar-refractivity contribution in [1.29, 1.82) is 0 Å². The minimum atomic E-state index is -3.77. The van der Waals surface area contributed by atoms with Gasteiger partial charge >= 0.3 is 5.97 Å². The predicted molar refractivity (Wildman–Crippen MR) is 166 cm³/mol. The number of phenolic OH excluding ortho intramolecular Hbond substituents is 1. The highest BCUT2D eigenvalue weighted by Gasteiger charge is 2.53. The van der Waals surface area contributed by atoms with E-state index in [1.165, 1.54) is 4.31 Å². The summed E-state index contributed by atoms with van der Waals surface area (Å²) in [6, 6.07) is 23.1. The van der Waals surface area contributed by atoms with Gasteiger partial charge in [-0.3, -0.25) is 13.9 Å². The van der Waals surface area contributed by atoms with Gasteiger partial charge in [-0.25, -0.2) is 8.42 Å². The molecule has 1 saturated heterocycles. The van der Waals surface area contributed by atoms with E-state index in [0.29, 0.717) is 37.1 Å². The Kier molecular flexibility index (Phi) is 9.17. The third kappa shape index (κ3) is 6.76. The van der Waals surface area contributed by atoms with Gasteiger partial charge in [0.15, 0.2) is 0 Å². The molecule has 2 bridgehead atoms. The second kappa shape index (κ2) is 13.0. The van der Waals surface area contributed by atoms with Gasteiger partial charge < -0.3 is 20.3 Å². The summed E-state index contributed by atoms with van der Waals surface area (Å²) < 4.78 is 35.4. The van der Waals surface area contributed by atoms with E-state index in [0.717, 1.165) is 35.1 Å². The zero-order chi connectivity index (χ0) is 30.6. The van der Waals surface area contributed by atoms with E-state index in [-0.39, 0.29) is 18.1 Å². The number of para-hydroxylation sites is 1. The molecule has 3 atom stereocenters. The number of aromatic hydroxyl groups is 1. The first-order valence-corrected chi connectivity index (χ1v) is 16.0. The van der Waals surface area contributed by atoms with Gasteiger partial charge in [0.1, 0.15) is 17.1 Å². The van der Waals surface area contributed by atoms with Crippen molar-refractivity contribution in [3.05, 3.63) is 90.0 Å². The molecule has 1 fully saturated rings. The van der Waals surface area contributed by atoms with Gasteiger partial charge in [0.25, 0.3) is 0 Å². The molecule has 3 unspecified atom stereocenters. The first kappa shape index (κ1) is 30.3. The lowest BCUT2D eigenvalue weighted by molar-refractivity contribution is -0.137. The lowest BCUT2D eigenvalue weighted by Crippen LogP contribution is -2.42. The molecule has 10 heteroatoms. The SMILES string of the molecule is CN(c1ccccc1)S(=O)(=O)C1CC2OC1C(c1ccc(NC(=O)CCCCCCC(=O)O)cc1)=C2c1ccc(O)cc1. The van der Waals surface area contributed by atoms with Gasteiger partial charge in [0, 0.05) is 25.6 Å². The molecule has 2 heterocycles. The minimum absolute atomic E-state index is 0.117. The number of aliphatic carboxylic acids is 1. The second-order valence-corrected chi connectivity index (χ2v) is 13.2. The zero-order valence-corrected chi connectivity index (χ0v) is 24.8. The number of sulfonamides is 1. The molecule has 2 aliphatic rings. The molecular formula is C33H36N2O7S. The fourth-order valence-electron chi connectivity index (χ4n) is 5.86. The van der Waals surface area contributed by atoms with Gasteiger partial charge in [0.05, 0.1) is 11.8 Å². The summed E-state index contributed by atoms with van der Waals surface area (Å²) >= 11 is 0. The number of anilines is 2. The summed E-state index contributed by atoms with van der Waals surface area (Å²) in [7, 11) is -2.21. The molecule has 0 aromatic heterocycles. The van der Waals surface area contributed by atoms with Crippen molar-refractivity contribution in [3.63, 3.8) is 0 Å². The number of phenols is 1. The molecule has 9 nitrogen and oxygen atoms in total. The lowest BCUT2D eigenvalue weighted by Gasteiger charge is -2.29. The zero-order valence-electron chi connectivity index (χ0n) is 24.0. The van der Waals surface area contributed by atoms with E-state index in [9.17, 15) is 23.1 Å². The van der Waals surface area contributed by atoms with E-state index in [2.05, 4.69) is 5.32 Å². The van der Waals surface area contributed by atoms with Crippen LogP contribution in [-0.4, -0.2) is 55.0 Å². The molecular weight excluding hydrogens is 568 g/mol. The van der Waals surface area contributed by atoms with Crippen LogP contribution in [0.1, 0.15) is 56.1 Å². The fourth-order valence-corrected chi connectivity index (χ4v) is 7.61. The molecule has 0 spiro atoms. The number of unbranched alkanes of at least 4 members (excludes halogenated alkanes) is 3. The van der Waals surface area contributed by atoms with Crippen molar-refractivity contribution in [1.82, 2.24) is 0 Å². The third-order valence-electron chi connectivity index (χ3n) is 8.08. The normalized spacial score (nSPS) is 19.4. The molecule has 2 aliphatic heterocycles. The van der Waals surface area contributed by atoms with Crippen LogP contribution in [0.4, 0.5) is 11.4 Å². The maximum atomic E-state index is 13.9. The molecule has 0 aliphatic carbocycles. The second-order valence-electron chi connectivity index (χ2n) is 11.0. The van der Waals surface area contributed by atoms with Crippen molar-refractivity contribution in [2.24, 2.45) is 0 Å². The quantitative estimate of drug-likeness (QED) is 0.214. The van der Waals surface area contributed by atoms with Crippen LogP contribution in [0.5, 0.6) is 5.75 Å². The smallest absolute Gasteiger partial charge is 0.303 e. The predicted octanol–water partition coefficient (Wildman–Crippen LogP) is 5.67. The molecule has 5 rings (SSSR count). The number of carboxylic acid groups (broad SMARTS) is 1. The van der Waals surface area contributed by atoms with Crippen molar-refractivity contribution in [2.75, 3.05) is 16.7 Å². The van der Waals surface area contributed by atoms with Crippen molar-refractivity contribution < 1.29 is 33.0 Å². The monoisotopic (exact) mass is 604 g/mol. The Morgan fingerprint density at radius 3 is 2.12 bits per heavy atom. The number of carbonyl (C=O) groups is 2. The highest BCUT2D eigenvalue weighted by molar-refractivity contribution is 7.93. The van der Waals surface area contributed by atoms with Crippen LogP contribution in [0.25, 0.3) is 11.1 Å². The van der Waals surface area contributed by atoms with Crippen LogP contribution in [0, 0.1) is 0 Å². The van der Waals surface area contributed by atoms with Crippen LogP contribution in [0.3, 0.4) is 0 Å². The Morgan fingerprint density at radius 2 is 1.47 bits per heavy atom. The van der Waals surface area contributed by atoms with E-state index in [4.69, 9.17) is 9.84 Å². The fraction of sp³-hybridized carbons (Fsp3) is 0.333. The number of carboxylic acids is 1. The highest BCUT2D eigenvalue weighted by atomic mass is 32.2. The van der Waals surface area contributed by atoms with E-state index in [1.54, 1.807) is 55.6 Å². The summed E-state index contributed by atoms with van der Waals surface area (Å²) in [4.78, 5) is 23.1. The van der Waals surface area contributed by atoms with Gasteiger partial charge in [-0.05, 0) is 77.9 Å². The Bertz CT molecular complexity index is 1590. The molecule has 0 saturated carbocycles. The number of amides is 1. The summed E-state index contributed by atoms with van der Waals surface area (Å²) in [6.45, 7) is 0. The number of rotatable bonds is 13. The number of carbonyl (C=O) groups excluding carboxylic acids is 1. The maximum Gasteiger partial charge on any atom is 0.303 e. The van der Waals surface area contributed by atoms with Gasteiger partial charge in [-0.1, -0.05) is 55.3 Å². The first-order chi connectivity index (χ1) is 20.6. The van der Waals surface area contributed by atoms with Crippen molar-refractivity contribution in [2.45, 2.75) is 62.4 Å². The van der Waals surface area contributed by atoms with Crippen LogP contribution < -0.4 is 9.62 Å². The number of ether oxygens (including phenoxy) is 1. The van der Waals surface area contributed by atoms with Gasteiger partial charge in [-0.15, -0.1) is 0 Å². The standard InChI is InChI=1S/C33H36N2O7S/c1-35(25-9-5-4-6-10-25)43(40,41)28-21-27-31(22-15-19-26(36)20-16-22)32(33(28)42-27)23-13-17-24(18-14-23)34-29(37)11-7-2-3-8-12-30(38)39/h4-6,9-10,13-20,27-28,33,36H,2-3,7-8,11-12,21H2,1H3,(H,34,37)(H,38,39). The van der Waals surface area contributed by atoms with Crippen LogP contribution in [0.15, 0.2) is 78.9 Å². The number of nitrogens with one attached hydrogen (secondary N) is 1. The topological polar surface area (TPSA) is 133 Å². The number of nitrogens with zero attached hydrogens (tertiary/aromatic N) is 1. The van der Waals surface area contributed by atoms with Gasteiger partial charge in [0.2, 0.25) is 15.9 Å². The van der Waals surface area contributed by atoms with Crippen LogP contribution in [0.2, 0.25) is 0 Å². The first-order valence-electron chi connectivity index (χ1n) is 14.5. The molecule has 3 aromatic carbocycles. The molecule has 1 amide bonds. The van der Waals surface area contributed by atoms with Crippen LogP contribution >= 0.6 is 0 Å². The average molecular weight is 605 g/mol. The Morgan fingerprint density at radius 1 is 0.860 bits per heavy atom. The molecule has 0 radical (unpaired) electrons. The Hall–Kier alpha value is -4.15. The number of hydrogen-bond acceptors (Lipinski definition) is 6. The summed E-state index contributed by atoms with van der Waals surface area (Å²) in [5.74, 6) is -0.783. The Balaban J connectivity index is 1.35. The lowest BCUT2D eigenvalue weighted by atomic mass is 9.83. The molecule has 3 aromatic rings. The third-order valence-corrected chi connectivity index (χ3v) is 10.3. The highest BCUT2D eigenvalue weighted by Crippen LogP contribution is 2.51. The van der Waals surface area contributed by atoms with Crippen molar-refractivity contribution in [3.8, 4) is 5.75 Å². The minimum Gasteiger partial charge on any atom is -0.508 e.